The molecule has 0 aromatic rings. The summed E-state index contributed by atoms with van der Waals surface area (Å²) >= 11 is 0. The third-order valence-corrected chi connectivity index (χ3v) is 9.50. The molecule has 4 rings (SSSR count). The van der Waals surface area contributed by atoms with Crippen LogP contribution in [0.3, 0.4) is 0 Å². The highest BCUT2D eigenvalue weighted by atomic mass is 16.6. The van der Waals surface area contributed by atoms with E-state index in [4.69, 9.17) is 4.74 Å². The average molecular weight is 458 g/mol. The fraction of sp³-hybridized carbons (Fsp3) is 0.741. The number of hydrogen-bond donors (Lipinski definition) is 2. The molecule has 0 aliphatic heterocycles. The van der Waals surface area contributed by atoms with Gasteiger partial charge < -0.3 is 15.2 Å². The molecule has 3 saturated carbocycles. The third-order valence-electron chi connectivity index (χ3n) is 9.50. The van der Waals surface area contributed by atoms with Crippen LogP contribution in [0.25, 0.3) is 0 Å². The Kier molecular flexibility index (Phi) is 5.42. The topological polar surface area (TPSA) is 92.7 Å². The van der Waals surface area contributed by atoms with Crippen LogP contribution in [0.1, 0.15) is 80.6 Å². The summed E-state index contributed by atoms with van der Waals surface area (Å²) in [6.07, 6.45) is 6.60. The summed E-state index contributed by atoms with van der Waals surface area (Å²) in [4.78, 5) is 39.3. The van der Waals surface area contributed by atoms with Crippen molar-refractivity contribution >= 4 is 17.7 Å². The number of ether oxygens (including phenoxy) is 1. The molecule has 0 spiro atoms. The number of carbonyl (C=O) groups is 3. The quantitative estimate of drug-likeness (QED) is 0.589. The van der Waals surface area contributed by atoms with Gasteiger partial charge in [0.2, 0.25) is 0 Å². The predicted molar refractivity (Wildman–Crippen MR) is 126 cm³/mol. The number of nitrogens with one attached hydrogen (secondary N) is 1. The van der Waals surface area contributed by atoms with Gasteiger partial charge in [-0.3, -0.25) is 9.59 Å². The zero-order valence-electron chi connectivity index (χ0n) is 21.1. The number of aliphatic hydroxyl groups is 1. The van der Waals surface area contributed by atoms with Crippen LogP contribution in [0, 0.1) is 34.5 Å². The van der Waals surface area contributed by atoms with Crippen molar-refractivity contribution in [2.75, 3.05) is 0 Å². The number of Topliss-reactive ketones (excluding diaryl/α,β-unsaturated/α-hetero) is 1. The second-order valence-corrected chi connectivity index (χ2v) is 12.4. The molecule has 6 nitrogen and oxygen atoms in total. The van der Waals surface area contributed by atoms with E-state index in [1.165, 1.54) is 6.08 Å². The van der Waals surface area contributed by atoms with Crippen molar-refractivity contribution in [3.05, 3.63) is 23.5 Å². The molecular weight excluding hydrogens is 418 g/mol. The summed E-state index contributed by atoms with van der Waals surface area (Å²) in [6.45, 7) is 13.4. The Balaban J connectivity index is 1.71. The highest BCUT2D eigenvalue weighted by Crippen LogP contribution is 2.69. The molecular formula is C27H39NO5. The number of amides is 1. The van der Waals surface area contributed by atoms with Gasteiger partial charge in [-0.15, -0.1) is 0 Å². The first-order chi connectivity index (χ1) is 15.2. The van der Waals surface area contributed by atoms with Gasteiger partial charge in [0.05, 0.1) is 5.41 Å². The Labute approximate surface area is 197 Å². The Bertz CT molecular complexity index is 958. The SMILES string of the molecule is CC(=O)[C@@]1(OC(=O)NC(C)(C)C)C(C)C[C@H]2[C@@H]3CCC4=CC(O)=CC(=O)[C@]4(C)[C@H]3CC[C@@]21C. The summed E-state index contributed by atoms with van der Waals surface area (Å²) < 4.78 is 6.15. The second kappa shape index (κ2) is 7.44. The standard InChI is InChI=1S/C27H39NO5/c1-15-12-21-19-9-8-17-13-18(30)14-22(31)26(17,7)20(19)10-11-25(21,6)27(15,16(2)29)33-23(32)28-24(3,4)5/h13-15,19-21,30H,8-12H2,1-7H3,(H,28,32)/t15?,19-,20+,21+,25+,26+,27+/m1/s1. The normalized spacial score (nSPS) is 42.3. The van der Waals surface area contributed by atoms with Crippen molar-refractivity contribution in [1.82, 2.24) is 5.32 Å². The average Bonchev–Trinajstić information content (AvgIpc) is 2.89. The number of rotatable bonds is 2. The Morgan fingerprint density at radius 1 is 1.15 bits per heavy atom. The van der Waals surface area contributed by atoms with E-state index < -0.39 is 28.1 Å². The molecule has 0 saturated heterocycles. The first-order valence-electron chi connectivity index (χ1n) is 12.3. The van der Waals surface area contributed by atoms with Gasteiger partial charge in [0.25, 0.3) is 0 Å². The van der Waals surface area contributed by atoms with Crippen LogP contribution in [0.4, 0.5) is 4.79 Å². The molecule has 182 valence electrons. The lowest BCUT2D eigenvalue weighted by molar-refractivity contribution is -0.167. The highest BCUT2D eigenvalue weighted by molar-refractivity contribution is 5.99. The molecule has 0 bridgehead atoms. The van der Waals surface area contributed by atoms with Crippen LogP contribution < -0.4 is 5.32 Å². The number of alkyl carbamates (subject to hydrolysis) is 1. The molecule has 0 radical (unpaired) electrons. The van der Waals surface area contributed by atoms with Gasteiger partial charge in [-0.1, -0.05) is 19.4 Å². The third kappa shape index (κ3) is 3.30. The molecule has 7 atom stereocenters. The summed E-state index contributed by atoms with van der Waals surface area (Å²) in [7, 11) is 0. The predicted octanol–water partition coefficient (Wildman–Crippen LogP) is 5.28. The lowest BCUT2D eigenvalue weighted by atomic mass is 9.46. The maximum atomic E-state index is 13.3. The summed E-state index contributed by atoms with van der Waals surface area (Å²) in [5.74, 6) is 0.447. The van der Waals surface area contributed by atoms with Crippen LogP contribution in [-0.2, 0) is 14.3 Å². The van der Waals surface area contributed by atoms with Crippen molar-refractivity contribution in [3.63, 3.8) is 0 Å². The molecule has 0 aromatic heterocycles. The minimum atomic E-state index is -1.18. The highest BCUT2D eigenvalue weighted by Gasteiger charge is 2.71. The molecule has 1 amide bonds. The first-order valence-corrected chi connectivity index (χ1v) is 12.3. The number of carbonyl (C=O) groups excluding carboxylic acids is 3. The Morgan fingerprint density at radius 3 is 2.42 bits per heavy atom. The van der Waals surface area contributed by atoms with Crippen molar-refractivity contribution in [2.24, 2.45) is 34.5 Å². The minimum Gasteiger partial charge on any atom is -0.508 e. The van der Waals surface area contributed by atoms with Gasteiger partial charge in [0, 0.05) is 22.9 Å². The monoisotopic (exact) mass is 457 g/mol. The molecule has 33 heavy (non-hydrogen) atoms. The lowest BCUT2D eigenvalue weighted by Gasteiger charge is -2.58. The van der Waals surface area contributed by atoms with Gasteiger partial charge in [0.15, 0.2) is 17.2 Å². The van der Waals surface area contributed by atoms with Crippen LogP contribution in [-0.4, -0.2) is 33.9 Å². The van der Waals surface area contributed by atoms with Crippen LogP contribution in [0.5, 0.6) is 0 Å². The molecule has 1 unspecified atom stereocenters. The number of aliphatic hydroxyl groups excluding tert-OH is 1. The van der Waals surface area contributed by atoms with Crippen molar-refractivity contribution < 1.29 is 24.2 Å². The van der Waals surface area contributed by atoms with Crippen molar-refractivity contribution in [2.45, 2.75) is 91.7 Å². The van der Waals surface area contributed by atoms with Crippen LogP contribution in [0.15, 0.2) is 23.5 Å². The van der Waals surface area contributed by atoms with Gasteiger partial charge in [0.1, 0.15) is 5.76 Å². The molecule has 2 N–H and O–H groups in total. The van der Waals surface area contributed by atoms with E-state index in [0.29, 0.717) is 0 Å². The van der Waals surface area contributed by atoms with E-state index in [1.807, 2.05) is 34.6 Å². The fourth-order valence-corrected chi connectivity index (χ4v) is 8.14. The minimum absolute atomic E-state index is 0.0134. The van der Waals surface area contributed by atoms with Gasteiger partial charge >= 0.3 is 6.09 Å². The number of hydrogen-bond acceptors (Lipinski definition) is 5. The number of fused-ring (bicyclic) bond motifs is 5. The first kappa shape index (κ1) is 24.0. The van der Waals surface area contributed by atoms with Gasteiger partial charge in [-0.05, 0) is 90.6 Å². The van der Waals surface area contributed by atoms with E-state index in [1.54, 1.807) is 13.0 Å². The van der Waals surface area contributed by atoms with E-state index in [0.717, 1.165) is 37.7 Å². The zero-order chi connectivity index (χ0) is 24.6. The van der Waals surface area contributed by atoms with Crippen LogP contribution in [0.2, 0.25) is 0 Å². The largest absolute Gasteiger partial charge is 0.508 e. The molecule has 3 fully saturated rings. The smallest absolute Gasteiger partial charge is 0.408 e. The second-order valence-electron chi connectivity index (χ2n) is 12.4. The molecule has 4 aliphatic rings. The Morgan fingerprint density at radius 2 is 1.82 bits per heavy atom. The Hall–Kier alpha value is -2.11. The molecule has 0 heterocycles. The van der Waals surface area contributed by atoms with E-state index >= 15 is 0 Å². The zero-order valence-corrected chi connectivity index (χ0v) is 21.1. The lowest BCUT2D eigenvalue weighted by Crippen LogP contribution is -2.62. The summed E-state index contributed by atoms with van der Waals surface area (Å²) in [5.41, 5.74) is -1.70. The van der Waals surface area contributed by atoms with E-state index in [9.17, 15) is 19.5 Å². The van der Waals surface area contributed by atoms with Crippen molar-refractivity contribution in [3.8, 4) is 0 Å². The van der Waals surface area contributed by atoms with E-state index in [2.05, 4.69) is 12.2 Å². The maximum Gasteiger partial charge on any atom is 0.408 e. The summed E-state index contributed by atoms with van der Waals surface area (Å²) in [6, 6.07) is 0. The molecule has 4 aliphatic carbocycles. The maximum absolute atomic E-state index is 13.3. The number of ketones is 2. The fourth-order valence-electron chi connectivity index (χ4n) is 8.14. The van der Waals surface area contributed by atoms with Crippen molar-refractivity contribution in [1.29, 1.82) is 0 Å². The van der Waals surface area contributed by atoms with Gasteiger partial charge in [-0.2, -0.15) is 0 Å². The molecule has 6 heteroatoms. The number of allylic oxidation sites excluding steroid dienone is 3. The summed E-state index contributed by atoms with van der Waals surface area (Å²) in [5, 5.41) is 12.9. The van der Waals surface area contributed by atoms with Gasteiger partial charge in [-0.25, -0.2) is 4.79 Å². The van der Waals surface area contributed by atoms with Crippen LogP contribution >= 0.6 is 0 Å². The molecule has 0 aromatic carbocycles. The van der Waals surface area contributed by atoms with E-state index in [-0.39, 0.29) is 41.0 Å².